The van der Waals surface area contributed by atoms with E-state index in [1.165, 1.54) is 16.9 Å². The number of nitrogens with zero attached hydrogens (tertiary/aromatic N) is 6. The summed E-state index contributed by atoms with van der Waals surface area (Å²) in [5, 5.41) is 2.60. The summed E-state index contributed by atoms with van der Waals surface area (Å²) in [4.78, 5) is 61.1. The van der Waals surface area contributed by atoms with E-state index in [0.717, 1.165) is 17.0 Å². The predicted molar refractivity (Wildman–Crippen MR) is 144 cm³/mol. The fourth-order valence-corrected chi connectivity index (χ4v) is 4.95. The van der Waals surface area contributed by atoms with Gasteiger partial charge in [0.2, 0.25) is 11.8 Å². The quantitative estimate of drug-likeness (QED) is 0.368. The third-order valence-corrected chi connectivity index (χ3v) is 7.13. The summed E-state index contributed by atoms with van der Waals surface area (Å²) in [5.74, 6) is -2.83. The van der Waals surface area contributed by atoms with Crippen LogP contribution in [0.15, 0.2) is 36.9 Å². The van der Waals surface area contributed by atoms with Crippen LogP contribution in [0.2, 0.25) is 0 Å². The fraction of sp³-hybridized carbons (Fsp3) is 0.407. The average Bonchev–Trinajstić information content (AvgIpc) is 3.56. The van der Waals surface area contributed by atoms with Crippen LogP contribution in [-0.4, -0.2) is 95.6 Å². The number of hydrogen-bond donors (Lipinski definition) is 1. The second-order valence-corrected chi connectivity index (χ2v) is 9.88. The monoisotopic (exact) mass is 585 g/mol. The van der Waals surface area contributed by atoms with Gasteiger partial charge in [0, 0.05) is 63.3 Å². The minimum atomic E-state index is -0.856. The van der Waals surface area contributed by atoms with Gasteiger partial charge in [-0.25, -0.2) is 18.6 Å². The summed E-state index contributed by atoms with van der Waals surface area (Å²) < 4.78 is 41.8. The van der Waals surface area contributed by atoms with E-state index in [1.807, 2.05) is 0 Å². The number of cyclic esters (lactones) is 1. The molecule has 1 aromatic carbocycles. The molecule has 2 saturated heterocycles. The maximum atomic E-state index is 15.1. The number of piperazine rings is 1. The molecule has 15 heteroatoms. The topological polar surface area (TPSA) is 139 Å². The van der Waals surface area contributed by atoms with Crippen molar-refractivity contribution >= 4 is 40.9 Å². The molecule has 2 fully saturated rings. The van der Waals surface area contributed by atoms with Gasteiger partial charge in [-0.15, -0.1) is 0 Å². The molecule has 13 nitrogen and oxygen atoms in total. The molecule has 3 amide bonds. The lowest BCUT2D eigenvalue weighted by Crippen LogP contribution is -2.51. The molecule has 0 unspecified atom stereocenters. The molecule has 0 bridgehead atoms. The van der Waals surface area contributed by atoms with Gasteiger partial charge in [0.05, 0.1) is 44.2 Å². The van der Waals surface area contributed by atoms with Crippen molar-refractivity contribution in [3.63, 3.8) is 0 Å². The molecule has 5 rings (SSSR count). The van der Waals surface area contributed by atoms with E-state index in [-0.39, 0.29) is 81.7 Å². The van der Waals surface area contributed by atoms with Gasteiger partial charge < -0.3 is 29.0 Å². The highest BCUT2D eigenvalue weighted by molar-refractivity contribution is 5.90. The SMILES string of the molecule is COC(=O)CC[C@H]1CN(c2cc(F)c(N3CCN(C(=O)CNC(=O)Cc4cn5ccncc5n4)CC3)c(F)c2)C(=O)O1. The second-order valence-electron chi connectivity index (χ2n) is 9.88. The summed E-state index contributed by atoms with van der Waals surface area (Å²) in [5.41, 5.74) is 0.897. The first-order valence-electron chi connectivity index (χ1n) is 13.3. The molecule has 0 aliphatic carbocycles. The summed E-state index contributed by atoms with van der Waals surface area (Å²) in [6.07, 6.45) is 5.52. The number of fused-ring (bicyclic) bond motifs is 1. The standard InChI is InChI=1S/C27H29F2N7O6/c1-41-25(39)3-2-19-16-36(27(40)42-19)18-11-20(28)26(21(29)12-18)34-8-6-33(7-9-34)24(38)14-31-23(37)10-17-15-35-5-4-30-13-22(35)32-17/h4-5,11-13,15,19H,2-3,6-10,14,16H2,1H3,(H,31,37)/t19-/m0/s1. The normalized spacial score (nSPS) is 17.0. The Kier molecular flexibility index (Phi) is 8.45. The van der Waals surface area contributed by atoms with E-state index in [1.54, 1.807) is 29.2 Å². The Morgan fingerprint density at radius 2 is 1.88 bits per heavy atom. The summed E-state index contributed by atoms with van der Waals surface area (Å²) >= 11 is 0. The summed E-state index contributed by atoms with van der Waals surface area (Å²) in [6, 6.07) is 2.13. The minimum absolute atomic E-state index is 0.000581. The van der Waals surface area contributed by atoms with Crippen molar-refractivity contribution in [2.45, 2.75) is 25.4 Å². The van der Waals surface area contributed by atoms with Gasteiger partial charge >= 0.3 is 12.1 Å². The van der Waals surface area contributed by atoms with Crippen molar-refractivity contribution in [2.24, 2.45) is 0 Å². The highest BCUT2D eigenvalue weighted by Gasteiger charge is 2.34. The predicted octanol–water partition coefficient (Wildman–Crippen LogP) is 1.29. The molecule has 222 valence electrons. The Hall–Kier alpha value is -4.82. The van der Waals surface area contributed by atoms with Gasteiger partial charge in [0.15, 0.2) is 17.3 Å². The molecule has 2 aliphatic rings. The van der Waals surface area contributed by atoms with Crippen LogP contribution in [0.4, 0.5) is 25.0 Å². The number of anilines is 2. The number of hydrogen-bond acceptors (Lipinski definition) is 9. The number of nitrogens with one attached hydrogen (secondary N) is 1. The maximum Gasteiger partial charge on any atom is 0.414 e. The zero-order valence-electron chi connectivity index (χ0n) is 22.8. The number of benzene rings is 1. The molecule has 1 N–H and O–H groups in total. The van der Waals surface area contributed by atoms with Crippen molar-refractivity contribution in [1.82, 2.24) is 24.6 Å². The van der Waals surface area contributed by atoms with E-state index in [0.29, 0.717) is 11.3 Å². The van der Waals surface area contributed by atoms with Crippen LogP contribution in [0.25, 0.3) is 5.65 Å². The molecule has 2 aromatic heterocycles. The Morgan fingerprint density at radius 1 is 1.14 bits per heavy atom. The van der Waals surface area contributed by atoms with Crippen molar-refractivity contribution in [1.29, 1.82) is 0 Å². The van der Waals surface area contributed by atoms with Gasteiger partial charge in [-0.1, -0.05) is 0 Å². The number of halogens is 2. The molecule has 0 saturated carbocycles. The Bertz CT molecular complexity index is 1450. The minimum Gasteiger partial charge on any atom is -0.469 e. The van der Waals surface area contributed by atoms with E-state index in [4.69, 9.17) is 4.74 Å². The van der Waals surface area contributed by atoms with Crippen LogP contribution in [0.5, 0.6) is 0 Å². The zero-order chi connectivity index (χ0) is 29.8. The lowest BCUT2D eigenvalue weighted by atomic mass is 10.1. The van der Waals surface area contributed by atoms with Crippen molar-refractivity contribution in [3.05, 3.63) is 54.2 Å². The smallest absolute Gasteiger partial charge is 0.414 e. The maximum absolute atomic E-state index is 15.1. The highest BCUT2D eigenvalue weighted by atomic mass is 19.1. The molecule has 3 aromatic rings. The molecule has 42 heavy (non-hydrogen) atoms. The molecule has 0 spiro atoms. The van der Waals surface area contributed by atoms with Gasteiger partial charge in [0.1, 0.15) is 11.8 Å². The number of imidazole rings is 1. The first-order chi connectivity index (χ1) is 20.2. The number of esters is 1. The Balaban J connectivity index is 1.11. The molecule has 0 radical (unpaired) electrons. The van der Waals surface area contributed by atoms with E-state index < -0.39 is 29.8 Å². The highest BCUT2D eigenvalue weighted by Crippen LogP contribution is 2.32. The molecular formula is C27H29F2N7O6. The van der Waals surface area contributed by atoms with Crippen LogP contribution in [0, 0.1) is 11.6 Å². The van der Waals surface area contributed by atoms with Crippen LogP contribution in [0.1, 0.15) is 18.5 Å². The number of amides is 3. The van der Waals surface area contributed by atoms with Crippen LogP contribution >= 0.6 is 0 Å². The van der Waals surface area contributed by atoms with Crippen LogP contribution < -0.4 is 15.1 Å². The Labute approximate surface area is 239 Å². The van der Waals surface area contributed by atoms with E-state index >= 15 is 8.78 Å². The number of ether oxygens (including phenoxy) is 2. The number of aromatic nitrogens is 3. The van der Waals surface area contributed by atoms with Crippen molar-refractivity contribution in [2.75, 3.05) is 56.2 Å². The molecule has 2 aliphatic heterocycles. The van der Waals surface area contributed by atoms with Crippen LogP contribution in [0.3, 0.4) is 0 Å². The second kappa shape index (κ2) is 12.4. The van der Waals surface area contributed by atoms with Crippen molar-refractivity contribution < 1.29 is 37.4 Å². The number of carbonyl (C=O) groups excluding carboxylic acids is 4. The third-order valence-electron chi connectivity index (χ3n) is 7.13. The van der Waals surface area contributed by atoms with E-state index in [2.05, 4.69) is 20.0 Å². The van der Waals surface area contributed by atoms with Gasteiger partial charge in [-0.05, 0) is 6.42 Å². The summed E-state index contributed by atoms with van der Waals surface area (Å²) in [7, 11) is 1.25. The van der Waals surface area contributed by atoms with E-state index in [9.17, 15) is 19.2 Å². The van der Waals surface area contributed by atoms with Crippen LogP contribution in [-0.2, 0) is 30.3 Å². The number of rotatable bonds is 9. The lowest BCUT2D eigenvalue weighted by molar-refractivity contribution is -0.141. The van der Waals surface area contributed by atoms with Crippen molar-refractivity contribution in [3.8, 4) is 0 Å². The number of methoxy groups -OCH3 is 1. The first-order valence-corrected chi connectivity index (χ1v) is 13.3. The summed E-state index contributed by atoms with van der Waals surface area (Å²) in [6.45, 7) is 0.580. The third kappa shape index (κ3) is 6.39. The average molecular weight is 586 g/mol. The van der Waals surface area contributed by atoms with Gasteiger partial charge in [-0.2, -0.15) is 0 Å². The molecule has 1 atom stereocenters. The zero-order valence-corrected chi connectivity index (χ0v) is 22.8. The fourth-order valence-electron chi connectivity index (χ4n) is 4.95. The Morgan fingerprint density at radius 3 is 2.57 bits per heavy atom. The largest absolute Gasteiger partial charge is 0.469 e. The first kappa shape index (κ1) is 28.7. The molecule has 4 heterocycles. The van der Waals surface area contributed by atoms with Gasteiger partial charge in [0.25, 0.3) is 0 Å². The van der Waals surface area contributed by atoms with Gasteiger partial charge in [-0.3, -0.25) is 24.3 Å². The number of carbonyl (C=O) groups is 4. The molecular weight excluding hydrogens is 556 g/mol. The lowest BCUT2D eigenvalue weighted by Gasteiger charge is -2.36.